The van der Waals surface area contributed by atoms with Crippen molar-refractivity contribution < 1.29 is 10.2 Å². The summed E-state index contributed by atoms with van der Waals surface area (Å²) in [6.07, 6.45) is 3.70. The molecular weight excluding hydrogens is 298 g/mol. The fraction of sp³-hybridized carbons (Fsp3) is 0.429. The number of phenols is 2. The van der Waals surface area contributed by atoms with Gasteiger partial charge in [0.25, 0.3) is 0 Å². The number of benzene rings is 2. The van der Waals surface area contributed by atoms with Crippen LogP contribution < -0.4 is 0 Å². The predicted octanol–water partition coefficient (Wildman–Crippen LogP) is 3.94. The Morgan fingerprint density at radius 2 is 1.67 bits per heavy atom. The molecular formula is C21H23NO2. The lowest BCUT2D eigenvalue weighted by molar-refractivity contribution is 0.115. The molecule has 24 heavy (non-hydrogen) atoms. The van der Waals surface area contributed by atoms with Crippen molar-refractivity contribution >= 4 is 0 Å². The Hall–Kier alpha value is -2.00. The van der Waals surface area contributed by atoms with E-state index in [1.807, 2.05) is 24.3 Å². The van der Waals surface area contributed by atoms with E-state index >= 15 is 0 Å². The van der Waals surface area contributed by atoms with Gasteiger partial charge >= 0.3 is 0 Å². The van der Waals surface area contributed by atoms with Gasteiger partial charge in [-0.2, -0.15) is 0 Å². The lowest BCUT2D eigenvalue weighted by Gasteiger charge is -2.44. The van der Waals surface area contributed by atoms with Crippen LogP contribution in [-0.4, -0.2) is 27.7 Å². The standard InChI is InChI=1S/C21H23NO2/c1-12-21-18-9-15(23)5-4-14(18)8-20(22(12)11-13-2-3-13)17-7-6-16(24)10-19(17)21/h4-7,9-10,12-13,20-21,23-24H,2-3,8,11H2,1H3/t12-,20-,21+/m1/s1. The molecule has 0 saturated heterocycles. The quantitative estimate of drug-likeness (QED) is 0.880. The monoisotopic (exact) mass is 321 g/mol. The summed E-state index contributed by atoms with van der Waals surface area (Å²) >= 11 is 0. The largest absolute Gasteiger partial charge is 0.508 e. The third-order valence-corrected chi connectivity index (χ3v) is 6.21. The van der Waals surface area contributed by atoms with Crippen LogP contribution in [0.5, 0.6) is 11.5 Å². The minimum atomic E-state index is 0.215. The highest BCUT2D eigenvalue weighted by Crippen LogP contribution is 2.51. The van der Waals surface area contributed by atoms with E-state index in [4.69, 9.17) is 0 Å². The molecule has 4 aliphatic rings. The molecule has 0 spiro atoms. The Labute approximate surface area is 142 Å². The van der Waals surface area contributed by atoms with E-state index < -0.39 is 0 Å². The second-order valence-electron chi connectivity index (χ2n) is 7.77. The molecule has 0 unspecified atom stereocenters. The maximum Gasteiger partial charge on any atom is 0.115 e. The van der Waals surface area contributed by atoms with Gasteiger partial charge in [-0.15, -0.1) is 0 Å². The molecule has 0 amide bonds. The van der Waals surface area contributed by atoms with Crippen molar-refractivity contribution in [1.29, 1.82) is 0 Å². The summed E-state index contributed by atoms with van der Waals surface area (Å²) in [5.41, 5.74) is 5.16. The molecule has 6 rings (SSSR count). The summed E-state index contributed by atoms with van der Waals surface area (Å²) in [6, 6.07) is 12.5. The zero-order valence-electron chi connectivity index (χ0n) is 13.9. The fourth-order valence-electron chi connectivity index (χ4n) is 4.86. The van der Waals surface area contributed by atoms with Crippen LogP contribution >= 0.6 is 0 Å². The first-order valence-corrected chi connectivity index (χ1v) is 9.02. The molecule has 3 heteroatoms. The molecule has 3 nitrogen and oxygen atoms in total. The molecule has 2 aromatic carbocycles. The third-order valence-electron chi connectivity index (χ3n) is 6.21. The van der Waals surface area contributed by atoms with Gasteiger partial charge in [0.1, 0.15) is 11.5 Å². The molecule has 2 aromatic rings. The van der Waals surface area contributed by atoms with Crippen LogP contribution in [0.15, 0.2) is 36.4 Å². The van der Waals surface area contributed by atoms with Crippen LogP contribution in [0.1, 0.15) is 54.0 Å². The summed E-state index contributed by atoms with van der Waals surface area (Å²) in [4.78, 5) is 2.68. The summed E-state index contributed by atoms with van der Waals surface area (Å²) in [7, 11) is 0. The summed E-state index contributed by atoms with van der Waals surface area (Å²) < 4.78 is 0. The van der Waals surface area contributed by atoms with E-state index in [0.717, 1.165) is 12.3 Å². The first kappa shape index (κ1) is 14.4. The Kier molecular flexibility index (Phi) is 2.99. The van der Waals surface area contributed by atoms with Gasteiger partial charge in [0.2, 0.25) is 0 Å². The minimum absolute atomic E-state index is 0.215. The number of fused-ring (bicyclic) bond motifs is 1. The lowest BCUT2D eigenvalue weighted by Crippen LogP contribution is -2.44. The number of nitrogens with zero attached hydrogens (tertiary/aromatic N) is 1. The van der Waals surface area contributed by atoms with Crippen molar-refractivity contribution in [1.82, 2.24) is 4.90 Å². The first-order chi connectivity index (χ1) is 11.6. The second-order valence-corrected chi connectivity index (χ2v) is 7.77. The van der Waals surface area contributed by atoms with E-state index in [1.165, 1.54) is 41.6 Å². The van der Waals surface area contributed by atoms with Gasteiger partial charge in [-0.25, -0.2) is 0 Å². The van der Waals surface area contributed by atoms with Crippen LogP contribution in [0.2, 0.25) is 0 Å². The number of hydrogen-bond donors (Lipinski definition) is 2. The Balaban J connectivity index is 1.72. The van der Waals surface area contributed by atoms with Gasteiger partial charge in [-0.1, -0.05) is 12.1 Å². The van der Waals surface area contributed by atoms with Crippen LogP contribution in [-0.2, 0) is 6.42 Å². The molecule has 1 fully saturated rings. The van der Waals surface area contributed by atoms with Gasteiger partial charge < -0.3 is 10.2 Å². The van der Waals surface area contributed by atoms with E-state index in [9.17, 15) is 10.2 Å². The average molecular weight is 321 g/mol. The third kappa shape index (κ3) is 2.07. The van der Waals surface area contributed by atoms with Crippen LogP contribution in [0.25, 0.3) is 0 Å². The van der Waals surface area contributed by atoms with Crippen molar-refractivity contribution in [2.24, 2.45) is 5.92 Å². The van der Waals surface area contributed by atoms with E-state index in [0.29, 0.717) is 23.6 Å². The molecule has 2 bridgehead atoms. The maximum absolute atomic E-state index is 10.1. The SMILES string of the molecule is C[C@@H]1[C@H]2c3cc(O)ccc3C[C@H](c3ccc(O)cc32)N1CC1CC1. The maximum atomic E-state index is 10.1. The second kappa shape index (κ2) is 5.00. The number of hydrogen-bond acceptors (Lipinski definition) is 3. The van der Waals surface area contributed by atoms with E-state index in [2.05, 4.69) is 24.0 Å². The summed E-state index contributed by atoms with van der Waals surface area (Å²) in [5.74, 6) is 1.74. The lowest BCUT2D eigenvalue weighted by atomic mass is 9.79. The van der Waals surface area contributed by atoms with Crippen molar-refractivity contribution in [3.8, 4) is 11.5 Å². The zero-order chi connectivity index (χ0) is 16.4. The van der Waals surface area contributed by atoms with E-state index in [-0.39, 0.29) is 5.92 Å². The number of rotatable bonds is 2. The highest BCUT2D eigenvalue weighted by Gasteiger charge is 2.44. The van der Waals surface area contributed by atoms with Crippen LogP contribution in [0, 0.1) is 5.92 Å². The van der Waals surface area contributed by atoms with Gasteiger partial charge in [0.15, 0.2) is 0 Å². The molecule has 2 aliphatic carbocycles. The van der Waals surface area contributed by atoms with Gasteiger partial charge in [0, 0.05) is 24.5 Å². The fourth-order valence-corrected chi connectivity index (χ4v) is 4.86. The molecule has 0 radical (unpaired) electrons. The first-order valence-electron chi connectivity index (χ1n) is 9.02. The number of aromatic hydroxyl groups is 2. The van der Waals surface area contributed by atoms with Crippen molar-refractivity contribution in [2.45, 2.75) is 44.2 Å². The van der Waals surface area contributed by atoms with Crippen molar-refractivity contribution in [3.05, 3.63) is 58.7 Å². The van der Waals surface area contributed by atoms with Crippen molar-refractivity contribution in [3.63, 3.8) is 0 Å². The molecule has 2 N–H and O–H groups in total. The molecule has 2 aliphatic heterocycles. The molecule has 124 valence electrons. The molecule has 1 saturated carbocycles. The highest BCUT2D eigenvalue weighted by molar-refractivity contribution is 5.53. The molecule has 0 aromatic heterocycles. The topological polar surface area (TPSA) is 43.7 Å². The van der Waals surface area contributed by atoms with Crippen LogP contribution in [0.4, 0.5) is 0 Å². The Morgan fingerprint density at radius 3 is 2.42 bits per heavy atom. The zero-order valence-corrected chi connectivity index (χ0v) is 13.9. The average Bonchev–Trinajstić information content (AvgIpc) is 3.37. The van der Waals surface area contributed by atoms with Gasteiger partial charge in [0.05, 0.1) is 0 Å². The van der Waals surface area contributed by atoms with Crippen molar-refractivity contribution in [2.75, 3.05) is 6.54 Å². The van der Waals surface area contributed by atoms with E-state index in [1.54, 1.807) is 0 Å². The minimum Gasteiger partial charge on any atom is -0.508 e. The Bertz CT molecular complexity index is 811. The number of phenolic OH excluding ortho intramolecular Hbond substituents is 2. The highest BCUT2D eigenvalue weighted by atomic mass is 16.3. The predicted molar refractivity (Wildman–Crippen MR) is 93.4 cm³/mol. The summed E-state index contributed by atoms with van der Waals surface area (Å²) in [5, 5.41) is 20.1. The van der Waals surface area contributed by atoms with Gasteiger partial charge in [-0.3, -0.25) is 4.90 Å². The molecule has 2 heterocycles. The van der Waals surface area contributed by atoms with Gasteiger partial charge in [-0.05, 0) is 78.6 Å². The summed E-state index contributed by atoms with van der Waals surface area (Å²) in [6.45, 7) is 3.48. The smallest absolute Gasteiger partial charge is 0.115 e. The Morgan fingerprint density at radius 1 is 0.958 bits per heavy atom. The molecule has 3 atom stereocenters. The normalized spacial score (nSPS) is 28.3. The van der Waals surface area contributed by atoms with Crippen LogP contribution in [0.3, 0.4) is 0 Å².